The van der Waals surface area contributed by atoms with E-state index < -0.39 is 10.0 Å². The van der Waals surface area contributed by atoms with E-state index in [-0.39, 0.29) is 19.0 Å². The maximum atomic E-state index is 13.0. The number of carbonyl (C=O) groups excluding carboxylic acids is 1. The first kappa shape index (κ1) is 22.1. The van der Waals surface area contributed by atoms with Crippen molar-refractivity contribution in [2.75, 3.05) is 32.8 Å². The highest BCUT2D eigenvalue weighted by atomic mass is 32.2. The minimum absolute atomic E-state index is 0.134. The molecule has 30 heavy (non-hydrogen) atoms. The molecule has 1 heterocycles. The molecular weight excluding hydrogens is 400 g/mol. The molecule has 0 atom stereocenters. The molecule has 0 unspecified atom stereocenters. The molecule has 0 saturated carbocycles. The highest BCUT2D eigenvalue weighted by Gasteiger charge is 2.30. The van der Waals surface area contributed by atoms with Gasteiger partial charge in [-0.3, -0.25) is 4.79 Å². The summed E-state index contributed by atoms with van der Waals surface area (Å²) in [6.45, 7) is 7.50. The number of piperazine rings is 1. The van der Waals surface area contributed by atoms with Gasteiger partial charge in [0.15, 0.2) is 0 Å². The molecule has 160 valence electrons. The van der Waals surface area contributed by atoms with Crippen LogP contribution in [-0.4, -0.2) is 56.3 Å². The van der Waals surface area contributed by atoms with Gasteiger partial charge in [0.05, 0.1) is 11.5 Å². The van der Waals surface area contributed by atoms with E-state index in [0.29, 0.717) is 24.6 Å². The molecule has 1 amide bonds. The summed E-state index contributed by atoms with van der Waals surface area (Å²) in [5.41, 5.74) is 2.60. The van der Waals surface area contributed by atoms with Crippen LogP contribution in [0.1, 0.15) is 23.6 Å². The number of para-hydroxylation sites is 1. The molecule has 2 aromatic carbocycles. The van der Waals surface area contributed by atoms with Crippen molar-refractivity contribution >= 4 is 22.0 Å². The first-order chi connectivity index (χ1) is 14.3. The Hall–Kier alpha value is -2.64. The van der Waals surface area contributed by atoms with Crippen LogP contribution in [0.5, 0.6) is 5.75 Å². The van der Waals surface area contributed by atoms with Crippen LogP contribution < -0.4 is 4.74 Å². The van der Waals surface area contributed by atoms with Gasteiger partial charge in [-0.1, -0.05) is 35.9 Å². The van der Waals surface area contributed by atoms with Crippen LogP contribution in [0.4, 0.5) is 0 Å². The smallest absolute Gasteiger partial charge is 0.246 e. The number of sulfonamides is 1. The molecule has 0 radical (unpaired) electrons. The summed E-state index contributed by atoms with van der Waals surface area (Å²) in [6, 6.07) is 12.9. The van der Waals surface area contributed by atoms with Gasteiger partial charge in [0.25, 0.3) is 0 Å². The first-order valence-electron chi connectivity index (χ1n) is 10.1. The van der Waals surface area contributed by atoms with Crippen LogP contribution in [0.15, 0.2) is 53.4 Å². The van der Waals surface area contributed by atoms with Crippen molar-refractivity contribution in [1.82, 2.24) is 9.21 Å². The van der Waals surface area contributed by atoms with Crippen LogP contribution in [0, 0.1) is 13.8 Å². The van der Waals surface area contributed by atoms with E-state index in [1.807, 2.05) is 57.2 Å². The summed E-state index contributed by atoms with van der Waals surface area (Å²) in [5.74, 6) is 0.596. The highest BCUT2D eigenvalue weighted by Crippen LogP contribution is 2.23. The molecule has 0 aromatic heterocycles. The molecule has 6 nitrogen and oxygen atoms in total. The number of amides is 1. The topological polar surface area (TPSA) is 66.9 Å². The summed E-state index contributed by atoms with van der Waals surface area (Å²) in [6.07, 6.45) is 3.26. The fourth-order valence-corrected chi connectivity index (χ4v) is 5.18. The number of nitrogens with zero attached hydrogens (tertiary/aromatic N) is 2. The van der Waals surface area contributed by atoms with Crippen molar-refractivity contribution in [2.24, 2.45) is 0 Å². The van der Waals surface area contributed by atoms with Crippen LogP contribution in [-0.2, 0) is 14.8 Å². The maximum absolute atomic E-state index is 13.0. The summed E-state index contributed by atoms with van der Waals surface area (Å²) in [5, 5.41) is 0. The van der Waals surface area contributed by atoms with E-state index in [2.05, 4.69) is 0 Å². The second-order valence-electron chi connectivity index (χ2n) is 7.30. The molecule has 1 aliphatic heterocycles. The van der Waals surface area contributed by atoms with Crippen molar-refractivity contribution in [1.29, 1.82) is 0 Å². The predicted octanol–water partition coefficient (Wildman–Crippen LogP) is 3.25. The Morgan fingerprint density at radius 1 is 1.07 bits per heavy atom. The summed E-state index contributed by atoms with van der Waals surface area (Å²) in [4.78, 5) is 14.6. The van der Waals surface area contributed by atoms with Gasteiger partial charge in [-0.2, -0.15) is 4.31 Å². The van der Waals surface area contributed by atoms with Crippen molar-refractivity contribution < 1.29 is 17.9 Å². The van der Waals surface area contributed by atoms with Gasteiger partial charge in [-0.25, -0.2) is 8.42 Å². The maximum Gasteiger partial charge on any atom is 0.246 e. The third kappa shape index (κ3) is 4.91. The van der Waals surface area contributed by atoms with E-state index in [9.17, 15) is 13.2 Å². The van der Waals surface area contributed by atoms with Crippen molar-refractivity contribution in [3.8, 4) is 5.75 Å². The first-order valence-corrected chi connectivity index (χ1v) is 11.5. The lowest BCUT2D eigenvalue weighted by atomic mass is 10.2. The number of benzene rings is 2. The average molecular weight is 429 g/mol. The highest BCUT2D eigenvalue weighted by molar-refractivity contribution is 7.89. The average Bonchev–Trinajstić information content (AvgIpc) is 2.73. The molecule has 3 rings (SSSR count). The molecule has 0 bridgehead atoms. The predicted molar refractivity (Wildman–Crippen MR) is 118 cm³/mol. The second kappa shape index (κ2) is 9.45. The van der Waals surface area contributed by atoms with Crippen LogP contribution in [0.25, 0.3) is 6.08 Å². The van der Waals surface area contributed by atoms with E-state index in [4.69, 9.17) is 4.74 Å². The molecular formula is C23H28N2O4S. The molecule has 1 fully saturated rings. The van der Waals surface area contributed by atoms with E-state index in [0.717, 1.165) is 22.4 Å². The number of ether oxygens (including phenoxy) is 1. The Labute approximate surface area is 178 Å². The molecule has 0 N–H and O–H groups in total. The van der Waals surface area contributed by atoms with Crippen LogP contribution in [0.3, 0.4) is 0 Å². The second-order valence-corrected chi connectivity index (χ2v) is 9.21. The number of hydrogen-bond acceptors (Lipinski definition) is 4. The van der Waals surface area contributed by atoms with Gasteiger partial charge in [-0.15, -0.1) is 0 Å². The van der Waals surface area contributed by atoms with Gasteiger partial charge in [0, 0.05) is 37.8 Å². The van der Waals surface area contributed by atoms with Crippen molar-refractivity contribution in [2.45, 2.75) is 25.7 Å². The van der Waals surface area contributed by atoms with Gasteiger partial charge < -0.3 is 9.64 Å². The zero-order valence-corrected chi connectivity index (χ0v) is 18.5. The fraction of sp³-hybridized carbons (Fsp3) is 0.348. The molecule has 0 aliphatic carbocycles. The SMILES string of the molecule is CCOc1ccccc1/C=C/C(=O)N1CCN(S(=O)(=O)c2ccc(C)cc2C)CC1. The lowest BCUT2D eigenvalue weighted by Gasteiger charge is -2.33. The third-order valence-corrected chi connectivity index (χ3v) is 7.18. The van der Waals surface area contributed by atoms with E-state index in [1.165, 1.54) is 10.4 Å². The Balaban J connectivity index is 1.64. The Bertz CT molecular complexity index is 1040. The Kier molecular flexibility index (Phi) is 6.95. The lowest BCUT2D eigenvalue weighted by molar-refractivity contribution is -0.127. The van der Waals surface area contributed by atoms with Crippen molar-refractivity contribution in [3.05, 3.63) is 65.2 Å². The number of rotatable bonds is 6. The lowest BCUT2D eigenvalue weighted by Crippen LogP contribution is -2.50. The standard InChI is InChI=1S/C23H28N2O4S/c1-4-29-21-8-6-5-7-20(21)10-12-23(26)24-13-15-25(16-14-24)30(27,28)22-11-9-18(2)17-19(22)3/h5-12,17H,4,13-16H2,1-3H3/b12-10+. The van der Waals surface area contributed by atoms with E-state index in [1.54, 1.807) is 17.0 Å². The monoisotopic (exact) mass is 428 g/mol. The van der Waals surface area contributed by atoms with Gasteiger partial charge in [0.1, 0.15) is 5.75 Å². The fourth-order valence-electron chi connectivity index (χ4n) is 3.55. The van der Waals surface area contributed by atoms with Crippen LogP contribution in [0.2, 0.25) is 0 Å². The molecule has 1 aliphatic rings. The third-order valence-electron chi connectivity index (χ3n) is 5.12. The zero-order chi connectivity index (χ0) is 21.7. The number of carbonyl (C=O) groups is 1. The minimum Gasteiger partial charge on any atom is -0.493 e. The Morgan fingerprint density at radius 2 is 1.77 bits per heavy atom. The summed E-state index contributed by atoms with van der Waals surface area (Å²) in [7, 11) is -3.56. The normalized spacial score (nSPS) is 15.5. The zero-order valence-electron chi connectivity index (χ0n) is 17.7. The quantitative estimate of drug-likeness (QED) is 0.663. The van der Waals surface area contributed by atoms with Crippen LogP contribution >= 0.6 is 0 Å². The molecule has 0 spiro atoms. The summed E-state index contributed by atoms with van der Waals surface area (Å²) < 4.78 is 33.0. The molecule has 7 heteroatoms. The number of hydrogen-bond donors (Lipinski definition) is 0. The largest absolute Gasteiger partial charge is 0.493 e. The van der Waals surface area contributed by atoms with Gasteiger partial charge in [-0.05, 0) is 44.5 Å². The summed E-state index contributed by atoms with van der Waals surface area (Å²) >= 11 is 0. The van der Waals surface area contributed by atoms with Crippen molar-refractivity contribution in [3.63, 3.8) is 0 Å². The van der Waals surface area contributed by atoms with Gasteiger partial charge in [0.2, 0.25) is 15.9 Å². The number of aryl methyl sites for hydroxylation is 2. The minimum atomic E-state index is -3.56. The van der Waals surface area contributed by atoms with Gasteiger partial charge >= 0.3 is 0 Å². The molecule has 2 aromatic rings. The van der Waals surface area contributed by atoms with E-state index >= 15 is 0 Å². The Morgan fingerprint density at radius 3 is 2.43 bits per heavy atom. The molecule has 1 saturated heterocycles.